The van der Waals surface area contributed by atoms with Gasteiger partial charge in [-0.15, -0.1) is 0 Å². The second-order valence-electron chi connectivity index (χ2n) is 5.70. The Morgan fingerprint density at radius 3 is 2.79 bits per heavy atom. The van der Waals surface area contributed by atoms with E-state index in [9.17, 15) is 0 Å². The van der Waals surface area contributed by atoms with E-state index in [0.717, 1.165) is 18.9 Å². The van der Waals surface area contributed by atoms with Crippen molar-refractivity contribution < 1.29 is 4.74 Å². The third kappa shape index (κ3) is 3.30. The molecule has 0 saturated carbocycles. The van der Waals surface area contributed by atoms with Gasteiger partial charge < -0.3 is 10.1 Å². The van der Waals surface area contributed by atoms with Crippen LogP contribution >= 0.6 is 0 Å². The smallest absolute Gasteiger partial charge is 0.122 e. The summed E-state index contributed by atoms with van der Waals surface area (Å²) >= 11 is 0. The van der Waals surface area contributed by atoms with E-state index >= 15 is 0 Å². The summed E-state index contributed by atoms with van der Waals surface area (Å²) in [4.78, 5) is 0. The Balaban J connectivity index is 2.14. The fourth-order valence-corrected chi connectivity index (χ4v) is 3.17. The summed E-state index contributed by atoms with van der Waals surface area (Å²) in [6.07, 6.45) is 3.71. The fourth-order valence-electron chi connectivity index (χ4n) is 3.17. The van der Waals surface area contributed by atoms with Crippen LogP contribution < -0.4 is 10.1 Å². The fraction of sp³-hybridized carbons (Fsp3) is 0.647. The van der Waals surface area contributed by atoms with E-state index in [0.29, 0.717) is 17.9 Å². The molecule has 0 saturated heterocycles. The molecular weight excluding hydrogens is 234 g/mol. The summed E-state index contributed by atoms with van der Waals surface area (Å²) in [5.41, 5.74) is 1.39. The SMILES string of the molecule is CCCNC(C(C)CCC)C1COc2ccccc21. The average Bonchev–Trinajstić information content (AvgIpc) is 2.84. The maximum atomic E-state index is 5.86. The van der Waals surface area contributed by atoms with Crippen LogP contribution in [0.4, 0.5) is 0 Å². The Bertz CT molecular complexity index is 391. The van der Waals surface area contributed by atoms with Crippen LogP contribution in [0, 0.1) is 5.92 Å². The molecule has 1 aromatic rings. The molecule has 2 heteroatoms. The molecule has 3 unspecified atom stereocenters. The zero-order chi connectivity index (χ0) is 13.7. The van der Waals surface area contributed by atoms with Gasteiger partial charge >= 0.3 is 0 Å². The standard InChI is InChI=1S/C17H27NO/c1-4-8-13(3)17(18-11-5-2)15-12-19-16-10-7-6-9-14(15)16/h6-7,9-10,13,15,17-18H,4-5,8,11-12H2,1-3H3. The number of fused-ring (bicyclic) bond motifs is 1. The van der Waals surface area contributed by atoms with Crippen LogP contribution in [-0.2, 0) is 0 Å². The van der Waals surface area contributed by atoms with Crippen LogP contribution in [0.1, 0.15) is 51.5 Å². The van der Waals surface area contributed by atoms with Gasteiger partial charge in [0.25, 0.3) is 0 Å². The summed E-state index contributed by atoms with van der Waals surface area (Å²) in [5, 5.41) is 3.76. The van der Waals surface area contributed by atoms with E-state index in [1.165, 1.54) is 24.8 Å². The molecule has 0 radical (unpaired) electrons. The van der Waals surface area contributed by atoms with Crippen molar-refractivity contribution in [3.05, 3.63) is 29.8 Å². The predicted octanol–water partition coefficient (Wildman–Crippen LogP) is 3.97. The van der Waals surface area contributed by atoms with Crippen molar-refractivity contribution in [1.29, 1.82) is 0 Å². The quantitative estimate of drug-likeness (QED) is 0.802. The molecule has 106 valence electrons. The number of hydrogen-bond acceptors (Lipinski definition) is 2. The number of rotatable bonds is 7. The van der Waals surface area contributed by atoms with Gasteiger partial charge in [-0.3, -0.25) is 0 Å². The van der Waals surface area contributed by atoms with Crippen molar-refractivity contribution in [1.82, 2.24) is 5.32 Å². The van der Waals surface area contributed by atoms with Gasteiger partial charge in [0.2, 0.25) is 0 Å². The molecule has 2 rings (SSSR count). The average molecular weight is 261 g/mol. The molecule has 0 amide bonds. The van der Waals surface area contributed by atoms with E-state index < -0.39 is 0 Å². The first-order valence-electron chi connectivity index (χ1n) is 7.73. The highest BCUT2D eigenvalue weighted by Crippen LogP contribution is 2.38. The van der Waals surface area contributed by atoms with Crippen molar-refractivity contribution in [3.8, 4) is 5.75 Å². The Hall–Kier alpha value is -1.02. The minimum absolute atomic E-state index is 0.504. The highest BCUT2D eigenvalue weighted by Gasteiger charge is 2.33. The molecule has 1 aromatic carbocycles. The van der Waals surface area contributed by atoms with Gasteiger partial charge in [0, 0.05) is 17.5 Å². The first kappa shape index (κ1) is 14.4. The molecule has 0 bridgehead atoms. The predicted molar refractivity (Wildman–Crippen MR) is 80.8 cm³/mol. The molecule has 1 N–H and O–H groups in total. The molecule has 0 aliphatic carbocycles. The summed E-state index contributed by atoms with van der Waals surface area (Å²) in [5.74, 6) is 2.28. The first-order chi connectivity index (χ1) is 9.27. The van der Waals surface area contributed by atoms with Crippen molar-refractivity contribution in [2.45, 2.75) is 52.0 Å². The Morgan fingerprint density at radius 1 is 1.26 bits per heavy atom. The normalized spacial score (nSPS) is 20.7. The van der Waals surface area contributed by atoms with Crippen molar-refractivity contribution in [3.63, 3.8) is 0 Å². The maximum absolute atomic E-state index is 5.86. The van der Waals surface area contributed by atoms with Crippen LogP contribution in [0.2, 0.25) is 0 Å². The molecule has 19 heavy (non-hydrogen) atoms. The molecule has 2 nitrogen and oxygen atoms in total. The van der Waals surface area contributed by atoms with Gasteiger partial charge in [-0.25, -0.2) is 0 Å². The lowest BCUT2D eigenvalue weighted by Crippen LogP contribution is -2.41. The molecule has 0 spiro atoms. The second kappa shape index (κ2) is 6.95. The zero-order valence-corrected chi connectivity index (χ0v) is 12.5. The highest BCUT2D eigenvalue weighted by molar-refractivity contribution is 5.40. The lowest BCUT2D eigenvalue weighted by atomic mass is 9.83. The van der Waals surface area contributed by atoms with Crippen LogP contribution in [0.3, 0.4) is 0 Å². The highest BCUT2D eigenvalue weighted by atomic mass is 16.5. The molecule has 1 aliphatic rings. The zero-order valence-electron chi connectivity index (χ0n) is 12.5. The summed E-state index contributed by atoms with van der Waals surface area (Å²) in [7, 11) is 0. The number of hydrogen-bond donors (Lipinski definition) is 1. The van der Waals surface area contributed by atoms with E-state index in [-0.39, 0.29) is 0 Å². The number of para-hydroxylation sites is 1. The number of benzene rings is 1. The molecular formula is C17H27NO. The van der Waals surface area contributed by atoms with Gasteiger partial charge in [0.15, 0.2) is 0 Å². The van der Waals surface area contributed by atoms with Crippen LogP contribution in [0.15, 0.2) is 24.3 Å². The Labute approximate surface area is 117 Å². The lowest BCUT2D eigenvalue weighted by Gasteiger charge is -2.30. The maximum Gasteiger partial charge on any atom is 0.122 e. The lowest BCUT2D eigenvalue weighted by molar-refractivity contribution is 0.253. The molecule has 3 atom stereocenters. The second-order valence-corrected chi connectivity index (χ2v) is 5.70. The molecule has 0 aromatic heterocycles. The van der Waals surface area contributed by atoms with Crippen molar-refractivity contribution in [2.24, 2.45) is 5.92 Å². The summed E-state index contributed by atoms with van der Waals surface area (Å²) in [6.45, 7) is 8.80. The molecule has 1 aliphatic heterocycles. The first-order valence-corrected chi connectivity index (χ1v) is 7.73. The number of ether oxygens (including phenoxy) is 1. The minimum atomic E-state index is 0.504. The largest absolute Gasteiger partial charge is 0.493 e. The van der Waals surface area contributed by atoms with Gasteiger partial charge in [-0.05, 0) is 31.4 Å². The third-order valence-electron chi connectivity index (χ3n) is 4.16. The summed E-state index contributed by atoms with van der Waals surface area (Å²) < 4.78 is 5.86. The van der Waals surface area contributed by atoms with Gasteiger partial charge in [-0.2, -0.15) is 0 Å². The van der Waals surface area contributed by atoms with Crippen molar-refractivity contribution >= 4 is 0 Å². The Kier molecular flexibility index (Phi) is 5.26. The van der Waals surface area contributed by atoms with E-state index in [1.807, 2.05) is 0 Å². The molecule has 0 fully saturated rings. The number of nitrogens with one attached hydrogen (secondary N) is 1. The summed E-state index contributed by atoms with van der Waals surface area (Å²) in [6, 6.07) is 9.04. The molecule has 1 heterocycles. The van der Waals surface area contributed by atoms with E-state index in [1.54, 1.807) is 0 Å². The van der Waals surface area contributed by atoms with Gasteiger partial charge in [0.05, 0.1) is 6.61 Å². The van der Waals surface area contributed by atoms with Crippen LogP contribution in [0.25, 0.3) is 0 Å². The van der Waals surface area contributed by atoms with Crippen LogP contribution in [-0.4, -0.2) is 19.2 Å². The monoisotopic (exact) mass is 261 g/mol. The minimum Gasteiger partial charge on any atom is -0.493 e. The van der Waals surface area contributed by atoms with Crippen LogP contribution in [0.5, 0.6) is 5.75 Å². The van der Waals surface area contributed by atoms with Gasteiger partial charge in [-0.1, -0.05) is 45.4 Å². The van der Waals surface area contributed by atoms with E-state index in [2.05, 4.69) is 50.4 Å². The van der Waals surface area contributed by atoms with Gasteiger partial charge in [0.1, 0.15) is 5.75 Å². The van der Waals surface area contributed by atoms with E-state index in [4.69, 9.17) is 4.74 Å². The topological polar surface area (TPSA) is 21.3 Å². The van der Waals surface area contributed by atoms with Crippen molar-refractivity contribution in [2.75, 3.05) is 13.2 Å². The third-order valence-corrected chi connectivity index (χ3v) is 4.16. The Morgan fingerprint density at radius 2 is 2.05 bits per heavy atom.